The lowest BCUT2D eigenvalue weighted by Crippen LogP contribution is -1.98. The van der Waals surface area contributed by atoms with Crippen molar-refractivity contribution in [2.24, 2.45) is 0 Å². The molecule has 0 aromatic heterocycles. The number of nitrogens with one attached hydrogen (secondary N) is 1. The minimum absolute atomic E-state index is 0.297. The Morgan fingerprint density at radius 2 is 1.89 bits per heavy atom. The summed E-state index contributed by atoms with van der Waals surface area (Å²) in [7, 11) is -4.37. The fourth-order valence-corrected chi connectivity index (χ4v) is 2.15. The predicted molar refractivity (Wildman–Crippen MR) is 65.1 cm³/mol. The molecule has 0 saturated heterocycles. The number of carbonyl (C=O) groups excluding carboxylic acids is 1. The Morgan fingerprint density at radius 3 is 2.50 bits per heavy atom. The van der Waals surface area contributed by atoms with Crippen molar-refractivity contribution in [1.29, 1.82) is 0 Å². The molecule has 0 fully saturated rings. The smallest absolute Gasteiger partial charge is 0.294 e. The van der Waals surface area contributed by atoms with E-state index in [4.69, 9.17) is 4.55 Å². The van der Waals surface area contributed by atoms with Crippen LogP contribution in [0.4, 0.5) is 5.69 Å². The van der Waals surface area contributed by atoms with Crippen molar-refractivity contribution in [3.05, 3.63) is 30.3 Å². The molecule has 18 heavy (non-hydrogen) atoms. The van der Waals surface area contributed by atoms with E-state index in [0.29, 0.717) is 22.9 Å². The van der Waals surface area contributed by atoms with Gasteiger partial charge in [-0.3, -0.25) is 9.35 Å². The van der Waals surface area contributed by atoms with Gasteiger partial charge in [-0.15, -0.1) is 0 Å². The number of hydrogen-bond donors (Lipinski definition) is 3. The van der Waals surface area contributed by atoms with E-state index < -0.39 is 10.1 Å². The number of anilines is 1. The third-order valence-electron chi connectivity index (χ3n) is 2.43. The lowest BCUT2D eigenvalue weighted by molar-refractivity contribution is -0.105. The van der Waals surface area contributed by atoms with Gasteiger partial charge in [0.1, 0.15) is 5.75 Å². The second-order valence-corrected chi connectivity index (χ2v) is 5.04. The minimum Gasteiger partial charge on any atom is -0.507 e. The topological polar surface area (TPSA) is 104 Å². The summed E-state index contributed by atoms with van der Waals surface area (Å²) in [6.45, 7) is 0. The van der Waals surface area contributed by atoms with Gasteiger partial charge < -0.3 is 10.4 Å². The highest BCUT2D eigenvalue weighted by Crippen LogP contribution is 2.30. The first-order valence-electron chi connectivity index (χ1n) is 4.86. The molecule has 6 nitrogen and oxygen atoms in total. The van der Waals surface area contributed by atoms with Crippen LogP contribution >= 0.6 is 0 Å². The second kappa shape index (κ2) is 4.28. The van der Waals surface area contributed by atoms with Gasteiger partial charge in [0, 0.05) is 17.1 Å². The first kappa shape index (κ1) is 12.3. The van der Waals surface area contributed by atoms with E-state index in [2.05, 4.69) is 5.32 Å². The number of benzene rings is 2. The van der Waals surface area contributed by atoms with Crippen molar-refractivity contribution in [2.75, 3.05) is 5.32 Å². The first-order chi connectivity index (χ1) is 8.41. The van der Waals surface area contributed by atoms with E-state index in [1.54, 1.807) is 6.07 Å². The monoisotopic (exact) mass is 267 g/mol. The van der Waals surface area contributed by atoms with E-state index in [9.17, 15) is 18.3 Å². The van der Waals surface area contributed by atoms with E-state index in [-0.39, 0.29) is 10.6 Å². The summed E-state index contributed by atoms with van der Waals surface area (Å²) in [5, 5.41) is 12.9. The summed E-state index contributed by atoms with van der Waals surface area (Å²) in [5.74, 6) is -0.297. The fraction of sp³-hybridized carbons (Fsp3) is 0. The quantitative estimate of drug-likeness (QED) is 0.575. The third-order valence-corrected chi connectivity index (χ3v) is 3.26. The molecular weight excluding hydrogens is 258 g/mol. The molecule has 0 heterocycles. The molecule has 1 amide bonds. The van der Waals surface area contributed by atoms with E-state index in [0.717, 1.165) is 6.07 Å². The molecule has 3 N–H and O–H groups in total. The summed E-state index contributed by atoms with van der Waals surface area (Å²) in [4.78, 5) is 9.91. The Labute approximate surface area is 103 Å². The molecule has 0 unspecified atom stereocenters. The zero-order chi connectivity index (χ0) is 13.3. The van der Waals surface area contributed by atoms with Crippen LogP contribution in [-0.4, -0.2) is 24.5 Å². The maximum atomic E-state index is 11.0. The number of phenols is 1. The van der Waals surface area contributed by atoms with Crippen molar-refractivity contribution in [3.8, 4) is 5.75 Å². The SMILES string of the molecule is O=CNc1ccc2cc(S(=O)(=O)O)cc(O)c2c1. The van der Waals surface area contributed by atoms with Gasteiger partial charge in [-0.1, -0.05) is 6.07 Å². The molecule has 0 aliphatic carbocycles. The normalized spacial score (nSPS) is 11.4. The number of amides is 1. The molecule has 0 bridgehead atoms. The van der Waals surface area contributed by atoms with Gasteiger partial charge in [-0.25, -0.2) is 0 Å². The van der Waals surface area contributed by atoms with E-state index >= 15 is 0 Å². The molecule has 0 saturated carbocycles. The number of fused-ring (bicyclic) bond motifs is 1. The van der Waals surface area contributed by atoms with Crippen LogP contribution < -0.4 is 5.32 Å². The second-order valence-electron chi connectivity index (χ2n) is 3.62. The van der Waals surface area contributed by atoms with Gasteiger partial charge in [0.15, 0.2) is 0 Å². The Bertz CT molecular complexity index is 724. The Balaban J connectivity index is 2.69. The summed E-state index contributed by atoms with van der Waals surface area (Å²) in [6.07, 6.45) is 0.491. The molecule has 0 spiro atoms. The molecule has 2 rings (SSSR count). The lowest BCUT2D eigenvalue weighted by Gasteiger charge is -2.06. The van der Waals surface area contributed by atoms with Crippen molar-refractivity contribution in [1.82, 2.24) is 0 Å². The maximum absolute atomic E-state index is 11.0. The average Bonchev–Trinajstić information content (AvgIpc) is 2.29. The predicted octanol–water partition coefficient (Wildman–Crippen LogP) is 1.36. The maximum Gasteiger partial charge on any atom is 0.294 e. The minimum atomic E-state index is -4.37. The lowest BCUT2D eigenvalue weighted by atomic mass is 10.1. The van der Waals surface area contributed by atoms with Crippen LogP contribution in [0.25, 0.3) is 10.8 Å². The number of phenolic OH excluding ortho intramolecular Hbond substituents is 1. The molecule has 2 aromatic rings. The highest BCUT2D eigenvalue weighted by molar-refractivity contribution is 7.85. The summed E-state index contributed by atoms with van der Waals surface area (Å²) >= 11 is 0. The summed E-state index contributed by atoms with van der Waals surface area (Å²) in [5.41, 5.74) is 0.465. The van der Waals surface area contributed by atoms with E-state index in [1.165, 1.54) is 18.2 Å². The number of rotatable bonds is 3. The molecule has 2 aromatic carbocycles. The molecule has 94 valence electrons. The fourth-order valence-electron chi connectivity index (χ4n) is 1.62. The van der Waals surface area contributed by atoms with Gasteiger partial charge in [0.05, 0.1) is 4.90 Å². The number of aromatic hydroxyl groups is 1. The number of carbonyl (C=O) groups is 1. The zero-order valence-electron chi connectivity index (χ0n) is 8.99. The van der Waals surface area contributed by atoms with Gasteiger partial charge in [0.2, 0.25) is 6.41 Å². The van der Waals surface area contributed by atoms with Gasteiger partial charge in [-0.05, 0) is 23.6 Å². The van der Waals surface area contributed by atoms with Crippen molar-refractivity contribution >= 4 is 33.0 Å². The third kappa shape index (κ3) is 2.27. The van der Waals surface area contributed by atoms with Crippen LogP contribution in [0.1, 0.15) is 0 Å². The van der Waals surface area contributed by atoms with Crippen molar-refractivity contribution in [3.63, 3.8) is 0 Å². The Kier molecular flexibility index (Phi) is 2.93. The standard InChI is InChI=1S/C11H9NO5S/c13-6-12-8-2-1-7-3-9(18(15,16)17)5-11(14)10(7)4-8/h1-6,14H,(H,12,13)(H,15,16,17). The molecule has 0 aliphatic heterocycles. The van der Waals surface area contributed by atoms with Crippen LogP contribution in [0.15, 0.2) is 35.2 Å². The van der Waals surface area contributed by atoms with Crippen LogP contribution in [-0.2, 0) is 14.9 Å². The Morgan fingerprint density at radius 1 is 1.17 bits per heavy atom. The van der Waals surface area contributed by atoms with Gasteiger partial charge in [0.25, 0.3) is 10.1 Å². The zero-order valence-corrected chi connectivity index (χ0v) is 9.81. The van der Waals surface area contributed by atoms with Gasteiger partial charge in [-0.2, -0.15) is 8.42 Å². The van der Waals surface area contributed by atoms with Crippen molar-refractivity contribution in [2.45, 2.75) is 4.90 Å². The average molecular weight is 267 g/mol. The molecule has 7 heteroatoms. The highest BCUT2D eigenvalue weighted by Gasteiger charge is 2.13. The molecule has 0 atom stereocenters. The van der Waals surface area contributed by atoms with Crippen LogP contribution in [0.5, 0.6) is 5.75 Å². The largest absolute Gasteiger partial charge is 0.507 e. The van der Waals surface area contributed by atoms with Gasteiger partial charge >= 0.3 is 0 Å². The van der Waals surface area contributed by atoms with Crippen molar-refractivity contribution < 1.29 is 22.9 Å². The summed E-state index contributed by atoms with van der Waals surface area (Å²) < 4.78 is 30.9. The molecular formula is C11H9NO5S. The number of hydrogen-bond acceptors (Lipinski definition) is 4. The first-order valence-corrected chi connectivity index (χ1v) is 6.30. The van der Waals surface area contributed by atoms with Crippen LogP contribution in [0.2, 0.25) is 0 Å². The van der Waals surface area contributed by atoms with E-state index in [1.807, 2.05) is 0 Å². The Hall–Kier alpha value is -2.12. The highest BCUT2D eigenvalue weighted by atomic mass is 32.2. The summed E-state index contributed by atoms with van der Waals surface area (Å²) in [6, 6.07) is 6.74. The molecule has 0 radical (unpaired) electrons. The molecule has 0 aliphatic rings. The van der Waals surface area contributed by atoms with Crippen LogP contribution in [0.3, 0.4) is 0 Å². The van der Waals surface area contributed by atoms with Crippen LogP contribution in [0, 0.1) is 0 Å².